The van der Waals surface area contributed by atoms with Crippen molar-refractivity contribution in [1.29, 1.82) is 0 Å². The molecule has 1 aromatic carbocycles. The smallest absolute Gasteiger partial charge is 0.355 e. The fraction of sp³-hybridized carbons (Fsp3) is 0.100. The molecule has 2 aromatic heterocycles. The van der Waals surface area contributed by atoms with E-state index < -0.39 is 11.9 Å². The maximum absolute atomic E-state index is 12.7. The highest BCUT2D eigenvalue weighted by Gasteiger charge is 2.29. The molecule has 156 valence electrons. The third-order valence-electron chi connectivity index (χ3n) is 4.45. The van der Waals surface area contributed by atoms with Crippen molar-refractivity contribution in [3.05, 3.63) is 70.2 Å². The number of nitrogens with zero attached hydrogens (tertiary/aromatic N) is 4. The van der Waals surface area contributed by atoms with Crippen LogP contribution in [-0.4, -0.2) is 46.8 Å². The molecule has 1 aliphatic rings. The largest absolute Gasteiger partial charge is 0.465 e. The molecular formula is C20H15N5O6. The summed E-state index contributed by atoms with van der Waals surface area (Å²) in [6, 6.07) is 6.07. The Morgan fingerprint density at radius 3 is 2.65 bits per heavy atom. The summed E-state index contributed by atoms with van der Waals surface area (Å²) in [5, 5.41) is 13.7. The number of tetrazole rings is 1. The molecule has 0 radical (unpaired) electrons. The van der Waals surface area contributed by atoms with E-state index >= 15 is 0 Å². The molecule has 0 unspecified atom stereocenters. The Balaban J connectivity index is 2.01. The van der Waals surface area contributed by atoms with Gasteiger partial charge in [-0.25, -0.2) is 9.59 Å². The number of nitrogens with one attached hydrogen (secondary N) is 1. The maximum Gasteiger partial charge on any atom is 0.355 e. The van der Waals surface area contributed by atoms with E-state index in [9.17, 15) is 14.4 Å². The molecule has 0 bridgehead atoms. The molecule has 0 amide bonds. The van der Waals surface area contributed by atoms with Gasteiger partial charge in [-0.3, -0.25) is 4.79 Å². The summed E-state index contributed by atoms with van der Waals surface area (Å²) < 4.78 is 15.6. The standard InChI is InChI=1S/C20H15N5O6/c1-29-19(27)12-6-3-4-9-25(16(12)20(28)30-2)13-8-5-7-11-14(26)10-15(31-17(11)13)18-21-23-24-22-18/h3-10H,1-2H3,(H,21,22,23,24). The lowest BCUT2D eigenvalue weighted by atomic mass is 10.1. The van der Waals surface area contributed by atoms with Gasteiger partial charge in [0.05, 0.1) is 30.9 Å². The number of carbonyl (C=O) groups excluding carboxylic acids is 2. The van der Waals surface area contributed by atoms with Gasteiger partial charge in [0.15, 0.2) is 16.8 Å². The fourth-order valence-electron chi connectivity index (χ4n) is 3.08. The number of hydrogen-bond acceptors (Lipinski definition) is 10. The van der Waals surface area contributed by atoms with Crippen LogP contribution in [0.25, 0.3) is 22.6 Å². The first-order chi connectivity index (χ1) is 15.0. The average molecular weight is 421 g/mol. The number of H-pyrrole nitrogens is 1. The molecule has 1 aliphatic heterocycles. The van der Waals surface area contributed by atoms with Gasteiger partial charge in [-0.1, -0.05) is 12.1 Å². The molecule has 0 saturated carbocycles. The molecule has 0 spiro atoms. The van der Waals surface area contributed by atoms with Crippen molar-refractivity contribution in [2.24, 2.45) is 0 Å². The topological polar surface area (TPSA) is 141 Å². The van der Waals surface area contributed by atoms with E-state index in [0.717, 1.165) is 0 Å². The quantitative estimate of drug-likeness (QED) is 0.616. The summed E-state index contributed by atoms with van der Waals surface area (Å²) in [6.07, 6.45) is 6.15. The first-order valence-corrected chi connectivity index (χ1v) is 8.91. The third-order valence-corrected chi connectivity index (χ3v) is 4.45. The van der Waals surface area contributed by atoms with E-state index in [-0.39, 0.29) is 39.3 Å². The second-order valence-electron chi connectivity index (χ2n) is 6.18. The lowest BCUT2D eigenvalue weighted by Crippen LogP contribution is -2.27. The number of aromatic amines is 1. The molecular weight excluding hydrogens is 406 g/mol. The number of anilines is 1. The summed E-state index contributed by atoms with van der Waals surface area (Å²) in [5.74, 6) is -1.36. The Bertz CT molecular complexity index is 1320. The van der Waals surface area contributed by atoms with E-state index in [0.29, 0.717) is 5.69 Å². The van der Waals surface area contributed by atoms with Crippen LogP contribution >= 0.6 is 0 Å². The predicted octanol–water partition coefficient (Wildman–Crippen LogP) is 1.46. The summed E-state index contributed by atoms with van der Waals surface area (Å²) in [7, 11) is 2.40. The fourth-order valence-corrected chi connectivity index (χ4v) is 3.08. The molecule has 0 aliphatic carbocycles. The van der Waals surface area contributed by atoms with Gasteiger partial charge in [0, 0.05) is 12.3 Å². The Morgan fingerprint density at radius 2 is 1.94 bits per heavy atom. The summed E-state index contributed by atoms with van der Waals surface area (Å²) in [4.78, 5) is 39.1. The molecule has 31 heavy (non-hydrogen) atoms. The van der Waals surface area contributed by atoms with Crippen molar-refractivity contribution in [2.75, 3.05) is 19.1 Å². The number of hydrogen-bond donors (Lipinski definition) is 1. The van der Waals surface area contributed by atoms with Crippen LogP contribution in [0, 0.1) is 0 Å². The Labute approximate surface area is 174 Å². The van der Waals surface area contributed by atoms with Crippen molar-refractivity contribution in [3.8, 4) is 11.6 Å². The third kappa shape index (κ3) is 3.48. The molecule has 0 saturated heterocycles. The predicted molar refractivity (Wildman–Crippen MR) is 107 cm³/mol. The van der Waals surface area contributed by atoms with Gasteiger partial charge in [0.25, 0.3) is 0 Å². The van der Waals surface area contributed by atoms with Gasteiger partial charge in [0.1, 0.15) is 5.70 Å². The number of esters is 2. The highest BCUT2D eigenvalue weighted by Crippen LogP contribution is 2.33. The lowest BCUT2D eigenvalue weighted by Gasteiger charge is -2.23. The van der Waals surface area contributed by atoms with Crippen molar-refractivity contribution in [3.63, 3.8) is 0 Å². The van der Waals surface area contributed by atoms with Crippen molar-refractivity contribution in [2.45, 2.75) is 0 Å². The van der Waals surface area contributed by atoms with E-state index in [1.54, 1.807) is 30.4 Å². The van der Waals surface area contributed by atoms with Crippen molar-refractivity contribution in [1.82, 2.24) is 20.6 Å². The summed E-state index contributed by atoms with van der Waals surface area (Å²) >= 11 is 0. The van der Waals surface area contributed by atoms with Crippen molar-refractivity contribution >= 4 is 28.6 Å². The van der Waals surface area contributed by atoms with Crippen LogP contribution in [0.4, 0.5) is 5.69 Å². The minimum Gasteiger partial charge on any atom is -0.465 e. The van der Waals surface area contributed by atoms with Gasteiger partial charge in [-0.05, 0) is 29.5 Å². The minimum absolute atomic E-state index is 0.0342. The minimum atomic E-state index is -0.787. The molecule has 4 rings (SSSR count). The molecule has 11 heteroatoms. The van der Waals surface area contributed by atoms with E-state index in [1.165, 1.54) is 37.5 Å². The van der Waals surface area contributed by atoms with Crippen LogP contribution in [0.5, 0.6) is 0 Å². The maximum atomic E-state index is 12.7. The zero-order valence-corrected chi connectivity index (χ0v) is 16.4. The number of benzene rings is 1. The zero-order chi connectivity index (χ0) is 22.0. The number of para-hydroxylation sites is 1. The monoisotopic (exact) mass is 421 g/mol. The first-order valence-electron chi connectivity index (χ1n) is 8.91. The van der Waals surface area contributed by atoms with Gasteiger partial charge in [0.2, 0.25) is 5.82 Å². The summed E-state index contributed by atoms with van der Waals surface area (Å²) in [5.41, 5.74) is -0.0437. The average Bonchev–Trinajstić information content (AvgIpc) is 3.24. The van der Waals surface area contributed by atoms with Crippen molar-refractivity contribution < 1.29 is 23.5 Å². The van der Waals surface area contributed by atoms with Gasteiger partial charge >= 0.3 is 11.9 Å². The highest BCUT2D eigenvalue weighted by atomic mass is 16.5. The molecule has 1 N–H and O–H groups in total. The first kappa shape index (κ1) is 19.8. The lowest BCUT2D eigenvalue weighted by molar-refractivity contribution is -0.139. The normalized spacial score (nSPS) is 13.4. The molecule has 11 nitrogen and oxygen atoms in total. The van der Waals surface area contributed by atoms with Crippen LogP contribution in [-0.2, 0) is 19.1 Å². The van der Waals surface area contributed by atoms with Crippen LogP contribution in [0.2, 0.25) is 0 Å². The van der Waals surface area contributed by atoms with Gasteiger partial charge < -0.3 is 18.8 Å². The molecule has 3 heterocycles. The SMILES string of the molecule is COC(=O)C1=C(C(=O)OC)N(c2cccc3c(=O)cc(-c4nn[nH]n4)oc23)C=CC=C1. The van der Waals surface area contributed by atoms with E-state index in [4.69, 9.17) is 13.9 Å². The van der Waals surface area contributed by atoms with Gasteiger partial charge in [-0.2, -0.15) is 5.21 Å². The number of fused-ring (bicyclic) bond motifs is 1. The highest BCUT2D eigenvalue weighted by molar-refractivity contribution is 6.07. The zero-order valence-electron chi connectivity index (χ0n) is 16.4. The Kier molecular flexibility index (Phi) is 5.14. The number of rotatable bonds is 4. The number of ether oxygens (including phenoxy) is 2. The van der Waals surface area contributed by atoms with Crippen LogP contribution in [0.3, 0.4) is 0 Å². The molecule has 0 fully saturated rings. The van der Waals surface area contributed by atoms with E-state index in [1.807, 2.05) is 0 Å². The number of methoxy groups -OCH3 is 2. The number of aromatic nitrogens is 4. The number of carbonyl (C=O) groups is 2. The van der Waals surface area contributed by atoms with Crippen LogP contribution in [0.1, 0.15) is 0 Å². The number of allylic oxidation sites excluding steroid dienone is 2. The molecule has 0 atom stereocenters. The second kappa shape index (κ2) is 8.06. The van der Waals surface area contributed by atoms with Crippen LogP contribution < -0.4 is 10.3 Å². The van der Waals surface area contributed by atoms with E-state index in [2.05, 4.69) is 20.6 Å². The Morgan fingerprint density at radius 1 is 1.13 bits per heavy atom. The second-order valence-corrected chi connectivity index (χ2v) is 6.18. The van der Waals surface area contributed by atoms with Crippen LogP contribution in [0.15, 0.2) is 69.2 Å². The van der Waals surface area contributed by atoms with Gasteiger partial charge in [-0.15, -0.1) is 10.2 Å². The Hall–Kier alpha value is -4.54. The summed E-state index contributed by atoms with van der Waals surface area (Å²) in [6.45, 7) is 0. The molecule has 3 aromatic rings.